The molecule has 2 rings (SSSR count). The Kier molecular flexibility index (Phi) is 4.92. The van der Waals surface area contributed by atoms with Gasteiger partial charge in [-0.1, -0.05) is 22.0 Å². The molecule has 0 saturated heterocycles. The molecule has 1 atom stereocenters. The van der Waals surface area contributed by atoms with E-state index in [0.717, 1.165) is 14.0 Å². The van der Waals surface area contributed by atoms with Gasteiger partial charge in [-0.25, -0.2) is 0 Å². The highest BCUT2D eigenvalue weighted by Crippen LogP contribution is 2.42. The van der Waals surface area contributed by atoms with Crippen LogP contribution in [-0.4, -0.2) is 7.11 Å². The van der Waals surface area contributed by atoms with E-state index < -0.39 is 0 Å². The van der Waals surface area contributed by atoms with E-state index in [9.17, 15) is 0 Å². The van der Waals surface area contributed by atoms with Crippen molar-refractivity contribution in [3.05, 3.63) is 48.5 Å². The fourth-order valence-electron chi connectivity index (χ4n) is 1.70. The first-order valence-corrected chi connectivity index (χ1v) is 8.58. The van der Waals surface area contributed by atoms with E-state index >= 15 is 0 Å². The lowest BCUT2D eigenvalue weighted by Gasteiger charge is -2.12. The highest BCUT2D eigenvalue weighted by molar-refractivity contribution is 9.13. The molecule has 1 nitrogen and oxygen atoms in total. The summed E-state index contributed by atoms with van der Waals surface area (Å²) in [6, 6.07) is 8.29. The number of aryl methyl sites for hydroxylation is 1. The third-order valence-corrected chi connectivity index (χ3v) is 7.27. The lowest BCUT2D eigenvalue weighted by Crippen LogP contribution is -1.94. The van der Waals surface area contributed by atoms with Crippen molar-refractivity contribution in [1.29, 1.82) is 0 Å². The van der Waals surface area contributed by atoms with Crippen molar-refractivity contribution in [2.75, 3.05) is 7.11 Å². The van der Waals surface area contributed by atoms with Crippen molar-refractivity contribution >= 4 is 59.1 Å². The van der Waals surface area contributed by atoms with Crippen molar-refractivity contribution < 1.29 is 4.74 Å². The Morgan fingerprint density at radius 1 is 1.22 bits per heavy atom. The van der Waals surface area contributed by atoms with Crippen LogP contribution in [0.15, 0.2) is 32.5 Å². The molecule has 0 N–H and O–H groups in total. The second-order valence-electron chi connectivity index (χ2n) is 3.86. The molecule has 0 fully saturated rings. The maximum Gasteiger partial charge on any atom is 0.119 e. The molecule has 0 aliphatic carbocycles. The predicted molar refractivity (Wildman–Crippen MR) is 88.2 cm³/mol. The smallest absolute Gasteiger partial charge is 0.119 e. The van der Waals surface area contributed by atoms with E-state index in [-0.39, 0.29) is 4.83 Å². The molecule has 1 heterocycles. The molecule has 0 aliphatic heterocycles. The lowest BCUT2D eigenvalue weighted by atomic mass is 10.0. The van der Waals surface area contributed by atoms with Crippen LogP contribution in [0.4, 0.5) is 0 Å². The summed E-state index contributed by atoms with van der Waals surface area (Å²) in [4.78, 5) is 1.47. The molecule has 2 aromatic rings. The number of alkyl halides is 1. The summed E-state index contributed by atoms with van der Waals surface area (Å²) in [6.45, 7) is 2.10. The van der Waals surface area contributed by atoms with E-state index in [1.54, 1.807) is 18.4 Å². The second kappa shape index (κ2) is 6.07. The Balaban J connectivity index is 2.36. The van der Waals surface area contributed by atoms with Crippen molar-refractivity contribution in [3.63, 3.8) is 0 Å². The maximum atomic E-state index is 5.23. The van der Waals surface area contributed by atoms with Crippen LogP contribution in [0.5, 0.6) is 5.75 Å². The van der Waals surface area contributed by atoms with Crippen LogP contribution in [-0.2, 0) is 0 Å². The summed E-state index contributed by atoms with van der Waals surface area (Å²) >= 11 is 12.5. The minimum atomic E-state index is 0.205. The summed E-state index contributed by atoms with van der Waals surface area (Å²) < 4.78 is 7.45. The lowest BCUT2D eigenvalue weighted by molar-refractivity contribution is 0.414. The monoisotopic (exact) mass is 452 g/mol. The maximum absolute atomic E-state index is 5.23. The first kappa shape index (κ1) is 14.6. The normalized spacial score (nSPS) is 12.5. The molecule has 1 aromatic carbocycles. The zero-order valence-electron chi connectivity index (χ0n) is 9.84. The number of benzene rings is 1. The van der Waals surface area contributed by atoms with Gasteiger partial charge < -0.3 is 4.74 Å². The Morgan fingerprint density at radius 3 is 2.44 bits per heavy atom. The highest BCUT2D eigenvalue weighted by Gasteiger charge is 2.17. The van der Waals surface area contributed by atoms with Crippen molar-refractivity contribution in [3.8, 4) is 5.75 Å². The SMILES string of the molecule is COc1ccc(C(Br)c2cc(Br)c(Br)s2)c(C)c1. The molecule has 5 heteroatoms. The zero-order valence-corrected chi connectivity index (χ0v) is 15.4. The molecule has 0 aliphatic rings. The minimum Gasteiger partial charge on any atom is -0.497 e. The Labute approximate surface area is 136 Å². The van der Waals surface area contributed by atoms with E-state index in [1.807, 2.05) is 6.07 Å². The number of thiophene rings is 1. The van der Waals surface area contributed by atoms with Gasteiger partial charge in [0, 0.05) is 9.35 Å². The average molecular weight is 455 g/mol. The van der Waals surface area contributed by atoms with Gasteiger partial charge in [-0.3, -0.25) is 0 Å². The Hall–Kier alpha value is 0.160. The molecular formula is C13H11Br3OS. The topological polar surface area (TPSA) is 9.23 Å². The van der Waals surface area contributed by atoms with Gasteiger partial charge in [0.25, 0.3) is 0 Å². The number of hydrogen-bond acceptors (Lipinski definition) is 2. The number of hydrogen-bond donors (Lipinski definition) is 0. The number of halogens is 3. The number of rotatable bonds is 3. The minimum absolute atomic E-state index is 0.205. The van der Waals surface area contributed by atoms with E-state index in [0.29, 0.717) is 0 Å². The molecule has 96 valence electrons. The molecule has 0 spiro atoms. The molecule has 18 heavy (non-hydrogen) atoms. The first-order valence-electron chi connectivity index (χ1n) is 5.26. The fraction of sp³-hybridized carbons (Fsp3) is 0.231. The van der Waals surface area contributed by atoms with Crippen molar-refractivity contribution in [1.82, 2.24) is 0 Å². The van der Waals surface area contributed by atoms with E-state index in [2.05, 4.69) is 72.9 Å². The van der Waals surface area contributed by atoms with Crippen LogP contribution < -0.4 is 4.74 Å². The highest BCUT2D eigenvalue weighted by atomic mass is 79.9. The van der Waals surface area contributed by atoms with Crippen LogP contribution in [0, 0.1) is 6.92 Å². The summed E-state index contributed by atoms with van der Waals surface area (Å²) in [7, 11) is 1.69. The van der Waals surface area contributed by atoms with Gasteiger partial charge in [0.15, 0.2) is 0 Å². The van der Waals surface area contributed by atoms with Gasteiger partial charge in [0.2, 0.25) is 0 Å². The molecule has 0 radical (unpaired) electrons. The van der Waals surface area contributed by atoms with Gasteiger partial charge in [0.1, 0.15) is 5.75 Å². The van der Waals surface area contributed by atoms with Crippen LogP contribution in [0.1, 0.15) is 20.8 Å². The molecular weight excluding hydrogens is 444 g/mol. The van der Waals surface area contributed by atoms with Crippen LogP contribution in [0.2, 0.25) is 0 Å². The Bertz CT molecular complexity index is 546. The van der Waals surface area contributed by atoms with Gasteiger partial charge in [-0.05, 0) is 68.1 Å². The van der Waals surface area contributed by atoms with Crippen LogP contribution in [0.3, 0.4) is 0 Å². The zero-order chi connectivity index (χ0) is 13.3. The quantitative estimate of drug-likeness (QED) is 0.511. The summed E-state index contributed by atoms with van der Waals surface area (Å²) in [5.74, 6) is 0.893. The Morgan fingerprint density at radius 2 is 1.94 bits per heavy atom. The molecule has 0 saturated carbocycles. The predicted octanol–water partition coefficient (Wildman–Crippen LogP) is 6.07. The van der Waals surface area contributed by atoms with Gasteiger partial charge in [-0.2, -0.15) is 0 Å². The van der Waals surface area contributed by atoms with Crippen LogP contribution in [0.25, 0.3) is 0 Å². The molecule has 1 unspecified atom stereocenters. The fourth-order valence-corrected chi connectivity index (χ4v) is 4.71. The van der Waals surface area contributed by atoms with Gasteiger partial charge >= 0.3 is 0 Å². The standard InChI is InChI=1S/C13H11Br3OS/c1-7-5-8(17-2)3-4-9(7)12(15)11-6-10(14)13(16)18-11/h3-6,12H,1-2H3. The number of ether oxygens (including phenoxy) is 1. The third-order valence-electron chi connectivity index (χ3n) is 2.66. The second-order valence-corrected chi connectivity index (χ2v) is 8.03. The van der Waals surface area contributed by atoms with Gasteiger partial charge in [-0.15, -0.1) is 11.3 Å². The van der Waals surface area contributed by atoms with Gasteiger partial charge in [0.05, 0.1) is 15.7 Å². The third kappa shape index (κ3) is 3.00. The summed E-state index contributed by atoms with van der Waals surface area (Å²) in [5.41, 5.74) is 2.48. The average Bonchev–Trinajstić information content (AvgIpc) is 2.68. The molecule has 0 amide bonds. The van der Waals surface area contributed by atoms with E-state index in [4.69, 9.17) is 4.74 Å². The summed E-state index contributed by atoms with van der Waals surface area (Å²) in [5, 5.41) is 0. The van der Waals surface area contributed by atoms with Crippen LogP contribution >= 0.6 is 59.1 Å². The van der Waals surface area contributed by atoms with Crippen molar-refractivity contribution in [2.24, 2.45) is 0 Å². The largest absolute Gasteiger partial charge is 0.497 e. The molecule has 0 bridgehead atoms. The van der Waals surface area contributed by atoms with Crippen molar-refractivity contribution in [2.45, 2.75) is 11.8 Å². The molecule has 1 aromatic heterocycles. The first-order chi connectivity index (χ1) is 8.52. The summed E-state index contributed by atoms with van der Waals surface area (Å²) in [6.07, 6.45) is 0. The van der Waals surface area contributed by atoms with E-state index in [1.165, 1.54) is 16.0 Å². The number of methoxy groups -OCH3 is 1.